The lowest BCUT2D eigenvalue weighted by Gasteiger charge is -2.28. The standard InChI is InChI=1S/C22H31ClN6O/c1-12(2)17(11-30)24-22-25-19-18(13(3)4)26-27-20(19)21(14(5)6)29(22)28-16-9-7-8-15(23)10-16/h7-10,12-14,17,28,30H,11H2,1-6H3,(H,24,25). The molecule has 0 fully saturated rings. The van der Waals surface area contributed by atoms with Crippen LogP contribution in [-0.2, 0) is 0 Å². The zero-order chi connectivity index (χ0) is 22.0. The van der Waals surface area contributed by atoms with Gasteiger partial charge in [0.2, 0.25) is 5.95 Å². The summed E-state index contributed by atoms with van der Waals surface area (Å²) in [6, 6.07) is 7.37. The van der Waals surface area contributed by atoms with Crippen LogP contribution in [0.5, 0.6) is 0 Å². The van der Waals surface area contributed by atoms with Crippen LogP contribution in [-0.4, -0.2) is 37.6 Å². The van der Waals surface area contributed by atoms with E-state index in [9.17, 15) is 5.11 Å². The highest BCUT2D eigenvalue weighted by atomic mass is 35.5. The van der Waals surface area contributed by atoms with Crippen LogP contribution in [0.2, 0.25) is 5.02 Å². The maximum atomic E-state index is 9.91. The summed E-state index contributed by atoms with van der Waals surface area (Å²) in [5, 5.41) is 22.9. The van der Waals surface area contributed by atoms with Gasteiger partial charge in [0.05, 0.1) is 29.7 Å². The van der Waals surface area contributed by atoms with Crippen molar-refractivity contribution in [2.75, 3.05) is 17.3 Å². The van der Waals surface area contributed by atoms with Crippen molar-refractivity contribution in [2.45, 2.75) is 59.4 Å². The van der Waals surface area contributed by atoms with Gasteiger partial charge in [-0.1, -0.05) is 59.2 Å². The van der Waals surface area contributed by atoms with E-state index in [2.05, 4.69) is 62.5 Å². The van der Waals surface area contributed by atoms with Gasteiger partial charge in [0.15, 0.2) is 0 Å². The van der Waals surface area contributed by atoms with Crippen LogP contribution in [0.4, 0.5) is 11.6 Å². The summed E-state index contributed by atoms with van der Waals surface area (Å²) in [5.74, 6) is 1.17. The van der Waals surface area contributed by atoms with Gasteiger partial charge in [-0.25, -0.2) is 9.66 Å². The quantitative estimate of drug-likeness (QED) is 0.467. The Morgan fingerprint density at radius 2 is 1.77 bits per heavy atom. The fraction of sp³-hybridized carbons (Fsp3) is 0.500. The lowest BCUT2D eigenvalue weighted by molar-refractivity contribution is 0.248. The normalized spacial score (nSPS) is 12.9. The molecule has 1 unspecified atom stereocenters. The van der Waals surface area contributed by atoms with E-state index in [1.165, 1.54) is 0 Å². The molecular weight excluding hydrogens is 400 g/mol. The Hall–Kier alpha value is -2.38. The first kappa shape index (κ1) is 22.3. The number of fused-ring (bicyclic) bond motifs is 1. The predicted octanol–water partition coefficient (Wildman–Crippen LogP) is 4.98. The number of benzene rings is 1. The monoisotopic (exact) mass is 430 g/mol. The molecule has 1 atom stereocenters. The number of hydrogen-bond donors (Lipinski definition) is 3. The molecule has 0 saturated carbocycles. The number of aliphatic hydroxyl groups excluding tert-OH is 1. The van der Waals surface area contributed by atoms with Gasteiger partial charge in [-0.15, -0.1) is 5.10 Å². The van der Waals surface area contributed by atoms with Crippen molar-refractivity contribution < 1.29 is 5.11 Å². The SMILES string of the molecule is CC(C)c1nnc2c(C(C)C)n(Nc3cccc(Cl)c3)c(NC(CO)C(C)C)nc1-2. The maximum absolute atomic E-state index is 9.91. The molecule has 0 spiro atoms. The molecule has 2 aliphatic rings. The van der Waals surface area contributed by atoms with Crippen molar-refractivity contribution in [1.29, 1.82) is 0 Å². The summed E-state index contributed by atoms with van der Waals surface area (Å²) in [6.45, 7) is 12.5. The Morgan fingerprint density at radius 1 is 1.03 bits per heavy atom. The van der Waals surface area contributed by atoms with Crippen molar-refractivity contribution in [3.63, 3.8) is 0 Å². The second kappa shape index (κ2) is 9.18. The molecule has 162 valence electrons. The molecule has 8 heteroatoms. The number of aromatic nitrogens is 4. The molecule has 3 rings (SSSR count). The number of anilines is 2. The molecule has 1 aromatic rings. The molecule has 3 N–H and O–H groups in total. The minimum Gasteiger partial charge on any atom is -0.394 e. The summed E-state index contributed by atoms with van der Waals surface area (Å²) < 4.78 is 1.91. The fourth-order valence-electron chi connectivity index (χ4n) is 3.39. The molecule has 0 aromatic heterocycles. The second-order valence-corrected chi connectivity index (χ2v) is 8.98. The molecule has 30 heavy (non-hydrogen) atoms. The molecule has 0 aliphatic carbocycles. The average molecular weight is 431 g/mol. The Balaban J connectivity index is 2.24. The van der Waals surface area contributed by atoms with Gasteiger partial charge in [0, 0.05) is 5.02 Å². The molecule has 0 radical (unpaired) electrons. The van der Waals surface area contributed by atoms with Gasteiger partial charge in [0.1, 0.15) is 11.4 Å². The van der Waals surface area contributed by atoms with Crippen LogP contribution in [0.15, 0.2) is 24.3 Å². The predicted molar refractivity (Wildman–Crippen MR) is 122 cm³/mol. The Labute approximate surface area is 183 Å². The van der Waals surface area contributed by atoms with Crippen LogP contribution >= 0.6 is 11.6 Å². The van der Waals surface area contributed by atoms with Crippen molar-refractivity contribution in [3.05, 3.63) is 40.7 Å². The highest BCUT2D eigenvalue weighted by molar-refractivity contribution is 6.30. The first-order valence-corrected chi connectivity index (χ1v) is 10.8. The van der Waals surface area contributed by atoms with Crippen molar-refractivity contribution in [3.8, 4) is 11.4 Å². The van der Waals surface area contributed by atoms with Crippen molar-refractivity contribution in [1.82, 2.24) is 19.9 Å². The van der Waals surface area contributed by atoms with Gasteiger partial charge in [-0.3, -0.25) is 5.43 Å². The fourth-order valence-corrected chi connectivity index (χ4v) is 3.58. The molecule has 2 heterocycles. The summed E-state index contributed by atoms with van der Waals surface area (Å²) in [5.41, 5.74) is 7.65. The van der Waals surface area contributed by atoms with E-state index in [4.69, 9.17) is 16.6 Å². The van der Waals surface area contributed by atoms with E-state index >= 15 is 0 Å². The highest BCUT2D eigenvalue weighted by Crippen LogP contribution is 2.35. The second-order valence-electron chi connectivity index (χ2n) is 8.55. The molecule has 0 amide bonds. The van der Waals surface area contributed by atoms with Crippen LogP contribution in [0.1, 0.15) is 64.8 Å². The number of nitrogens with zero attached hydrogens (tertiary/aromatic N) is 4. The molecule has 1 aromatic carbocycles. The maximum Gasteiger partial charge on any atom is 0.223 e. The number of nitrogens with one attached hydrogen (secondary N) is 2. The van der Waals surface area contributed by atoms with Crippen LogP contribution in [0.3, 0.4) is 0 Å². The zero-order valence-corrected chi connectivity index (χ0v) is 19.2. The topological polar surface area (TPSA) is 87.9 Å². The number of rotatable bonds is 8. The summed E-state index contributed by atoms with van der Waals surface area (Å²) >= 11 is 6.20. The molecule has 0 saturated heterocycles. The van der Waals surface area contributed by atoms with Gasteiger partial charge in [0.25, 0.3) is 0 Å². The third-order valence-electron chi connectivity index (χ3n) is 5.11. The van der Waals surface area contributed by atoms with Crippen LogP contribution in [0, 0.1) is 5.92 Å². The van der Waals surface area contributed by atoms with Crippen molar-refractivity contribution >= 4 is 23.2 Å². The molecule has 7 nitrogen and oxygen atoms in total. The lowest BCUT2D eigenvalue weighted by Crippen LogP contribution is -2.34. The minimum absolute atomic E-state index is 0.000110. The number of hydrogen-bond acceptors (Lipinski definition) is 6. The van der Waals surface area contributed by atoms with Crippen LogP contribution in [0.25, 0.3) is 11.4 Å². The third-order valence-corrected chi connectivity index (χ3v) is 5.35. The molecular formula is C22H31ClN6O. The van der Waals surface area contributed by atoms with Crippen molar-refractivity contribution in [2.24, 2.45) is 5.92 Å². The van der Waals surface area contributed by atoms with Crippen LogP contribution < -0.4 is 10.7 Å². The summed E-state index contributed by atoms with van der Waals surface area (Å²) in [4.78, 5) is 4.91. The Kier molecular flexibility index (Phi) is 6.83. The van der Waals surface area contributed by atoms with E-state index in [1.807, 2.05) is 28.9 Å². The smallest absolute Gasteiger partial charge is 0.223 e. The zero-order valence-electron chi connectivity index (χ0n) is 18.4. The number of aliphatic hydroxyl groups is 1. The molecule has 0 bridgehead atoms. The Bertz CT molecular complexity index is 968. The molecule has 2 aliphatic heterocycles. The largest absolute Gasteiger partial charge is 0.394 e. The van der Waals surface area contributed by atoms with Gasteiger partial charge in [-0.2, -0.15) is 5.10 Å². The van der Waals surface area contributed by atoms with E-state index in [0.717, 1.165) is 28.5 Å². The van der Waals surface area contributed by atoms with E-state index < -0.39 is 0 Å². The van der Waals surface area contributed by atoms with E-state index in [1.54, 1.807) is 0 Å². The van der Waals surface area contributed by atoms with Gasteiger partial charge < -0.3 is 10.4 Å². The summed E-state index contributed by atoms with van der Waals surface area (Å²) in [6.07, 6.45) is 0. The summed E-state index contributed by atoms with van der Waals surface area (Å²) in [7, 11) is 0. The lowest BCUT2D eigenvalue weighted by atomic mass is 10.0. The van der Waals surface area contributed by atoms with Gasteiger partial charge >= 0.3 is 0 Å². The first-order chi connectivity index (χ1) is 14.2. The number of halogens is 1. The average Bonchev–Trinajstić information content (AvgIpc) is 3.09. The third kappa shape index (κ3) is 4.52. The Morgan fingerprint density at radius 3 is 2.33 bits per heavy atom. The van der Waals surface area contributed by atoms with Gasteiger partial charge in [-0.05, 0) is 36.0 Å². The van der Waals surface area contributed by atoms with E-state index in [-0.39, 0.29) is 30.4 Å². The van der Waals surface area contributed by atoms with E-state index in [0.29, 0.717) is 11.0 Å². The first-order valence-electron chi connectivity index (χ1n) is 10.4. The highest BCUT2D eigenvalue weighted by Gasteiger charge is 2.28. The minimum atomic E-state index is -0.152.